The number of carbonyl (C=O) groups is 1. The van der Waals surface area contributed by atoms with Crippen molar-refractivity contribution in [3.05, 3.63) is 87.3 Å². The summed E-state index contributed by atoms with van der Waals surface area (Å²) in [5.74, 6) is 0.424. The molecule has 0 saturated heterocycles. The van der Waals surface area contributed by atoms with E-state index >= 15 is 0 Å². The number of aromatic amines is 2. The Morgan fingerprint density at radius 1 is 0.862 bits per heavy atom. The van der Waals surface area contributed by atoms with Gasteiger partial charge in [0.15, 0.2) is 5.78 Å². The summed E-state index contributed by atoms with van der Waals surface area (Å²) in [5, 5.41) is 8.94. The third-order valence-corrected chi connectivity index (χ3v) is 5.94. The van der Waals surface area contributed by atoms with Gasteiger partial charge in [-0.1, -0.05) is 68.4 Å². The van der Waals surface area contributed by atoms with E-state index in [1.54, 1.807) is 0 Å². The van der Waals surface area contributed by atoms with E-state index < -0.39 is 0 Å². The van der Waals surface area contributed by atoms with Crippen molar-refractivity contribution >= 4 is 11.6 Å². The summed E-state index contributed by atoms with van der Waals surface area (Å²) in [5.41, 5.74) is 5.16. The number of allylic oxidation sites excluding steroid dienone is 2. The molecule has 3 N–H and O–H groups in total. The number of carbonyl (C=O) groups excluding carboxylic acids is 1. The molecule has 2 heterocycles. The second kappa shape index (κ2) is 6.34. The van der Waals surface area contributed by atoms with Crippen LogP contribution in [0.4, 0.5) is 5.82 Å². The molecule has 2 aliphatic rings. The summed E-state index contributed by atoms with van der Waals surface area (Å²) >= 11 is 0. The molecule has 1 aliphatic heterocycles. The fourth-order valence-corrected chi connectivity index (χ4v) is 4.65. The number of Topliss-reactive ketones (excluding diaryl/α,β-unsaturated/α-hetero) is 1. The summed E-state index contributed by atoms with van der Waals surface area (Å²) in [4.78, 5) is 25.7. The van der Waals surface area contributed by atoms with Crippen LogP contribution < -0.4 is 10.9 Å². The summed E-state index contributed by atoms with van der Waals surface area (Å²) < 4.78 is 0. The minimum atomic E-state index is -0.357. The lowest BCUT2D eigenvalue weighted by Crippen LogP contribution is -2.34. The zero-order chi connectivity index (χ0) is 20.2. The molecule has 29 heavy (non-hydrogen) atoms. The molecule has 0 radical (unpaired) electrons. The van der Waals surface area contributed by atoms with Gasteiger partial charge in [0.05, 0.1) is 5.56 Å². The highest BCUT2D eigenvalue weighted by atomic mass is 16.1. The third kappa shape index (κ3) is 2.94. The Labute approximate surface area is 168 Å². The standard InChI is InChI=1S/C24H23N3O2/c1-24(2)12-17-20(18(28)13-24)19(21-22(25-17)26-27-23(21)29)16-10-8-15(9-11-16)14-6-4-3-5-7-14/h3-11,19H,12-13H2,1-2H3,(H3,25,26,27,29)/t19-/m0/s1. The highest BCUT2D eigenvalue weighted by Crippen LogP contribution is 2.47. The van der Waals surface area contributed by atoms with Gasteiger partial charge in [0, 0.05) is 23.6 Å². The highest BCUT2D eigenvalue weighted by molar-refractivity contribution is 6.01. The minimum Gasteiger partial charge on any atom is -0.343 e. The van der Waals surface area contributed by atoms with Crippen molar-refractivity contribution in [2.24, 2.45) is 5.41 Å². The molecule has 2 aromatic carbocycles. The molecule has 146 valence electrons. The van der Waals surface area contributed by atoms with Crippen molar-refractivity contribution < 1.29 is 4.79 Å². The van der Waals surface area contributed by atoms with Gasteiger partial charge in [0.1, 0.15) is 5.82 Å². The molecule has 5 nitrogen and oxygen atoms in total. The lowest BCUT2D eigenvalue weighted by molar-refractivity contribution is -0.118. The van der Waals surface area contributed by atoms with E-state index in [1.165, 1.54) is 0 Å². The highest BCUT2D eigenvalue weighted by Gasteiger charge is 2.42. The van der Waals surface area contributed by atoms with E-state index in [2.05, 4.69) is 53.6 Å². The van der Waals surface area contributed by atoms with Gasteiger partial charge < -0.3 is 5.32 Å². The topological polar surface area (TPSA) is 77.8 Å². The van der Waals surface area contributed by atoms with Gasteiger partial charge in [-0.15, -0.1) is 0 Å². The number of aromatic nitrogens is 2. The van der Waals surface area contributed by atoms with Crippen LogP contribution in [0, 0.1) is 5.41 Å². The molecule has 0 saturated carbocycles. The normalized spacial score (nSPS) is 20.1. The second-order valence-corrected chi connectivity index (χ2v) is 8.75. The zero-order valence-corrected chi connectivity index (χ0v) is 16.5. The largest absolute Gasteiger partial charge is 0.343 e. The van der Waals surface area contributed by atoms with E-state index in [0.29, 0.717) is 17.8 Å². The van der Waals surface area contributed by atoms with Gasteiger partial charge in [-0.2, -0.15) is 0 Å². The number of ketones is 1. The van der Waals surface area contributed by atoms with Gasteiger partial charge in [0.25, 0.3) is 5.56 Å². The number of H-pyrrole nitrogens is 2. The number of nitrogens with one attached hydrogen (secondary N) is 3. The first-order valence-corrected chi connectivity index (χ1v) is 9.92. The number of hydrogen-bond acceptors (Lipinski definition) is 3. The Morgan fingerprint density at radius 2 is 1.55 bits per heavy atom. The summed E-state index contributed by atoms with van der Waals surface area (Å²) in [7, 11) is 0. The predicted octanol–water partition coefficient (Wildman–Crippen LogP) is 4.57. The average molecular weight is 385 g/mol. The number of hydrogen-bond donors (Lipinski definition) is 3. The number of rotatable bonds is 2. The van der Waals surface area contributed by atoms with Crippen LogP contribution >= 0.6 is 0 Å². The van der Waals surface area contributed by atoms with Gasteiger partial charge in [-0.25, -0.2) is 0 Å². The van der Waals surface area contributed by atoms with Crippen LogP contribution in [0.3, 0.4) is 0 Å². The van der Waals surface area contributed by atoms with Gasteiger partial charge in [-0.05, 0) is 28.5 Å². The van der Waals surface area contributed by atoms with Crippen LogP contribution in [0.25, 0.3) is 11.1 Å². The molecular weight excluding hydrogens is 362 g/mol. The molecule has 0 fully saturated rings. The average Bonchev–Trinajstić information content (AvgIpc) is 3.07. The van der Waals surface area contributed by atoms with Crippen LogP contribution in [0.2, 0.25) is 0 Å². The number of benzene rings is 2. The second-order valence-electron chi connectivity index (χ2n) is 8.75. The predicted molar refractivity (Wildman–Crippen MR) is 114 cm³/mol. The van der Waals surface area contributed by atoms with Crippen molar-refractivity contribution in [1.29, 1.82) is 0 Å². The fourth-order valence-electron chi connectivity index (χ4n) is 4.65. The van der Waals surface area contributed by atoms with Crippen LogP contribution in [0.1, 0.15) is 43.7 Å². The van der Waals surface area contributed by atoms with Crippen LogP contribution in [0.5, 0.6) is 0 Å². The first-order valence-electron chi connectivity index (χ1n) is 9.92. The zero-order valence-electron chi connectivity index (χ0n) is 16.5. The summed E-state index contributed by atoms with van der Waals surface area (Å²) in [6.45, 7) is 4.21. The lowest BCUT2D eigenvalue weighted by Gasteiger charge is -2.37. The fraction of sp³-hybridized carbons (Fsp3) is 0.250. The van der Waals surface area contributed by atoms with Crippen molar-refractivity contribution in [3.8, 4) is 11.1 Å². The SMILES string of the molecule is CC1(C)CC(=O)C2=C(C1)Nc1[nH][nH]c(=O)c1[C@H]2c1ccc(-c2ccccc2)cc1. The Morgan fingerprint density at radius 3 is 2.28 bits per heavy atom. The van der Waals surface area contributed by atoms with Gasteiger partial charge in [-0.3, -0.25) is 19.8 Å². The number of fused-ring (bicyclic) bond motifs is 1. The molecule has 0 unspecified atom stereocenters. The van der Waals surface area contributed by atoms with E-state index in [9.17, 15) is 9.59 Å². The molecular formula is C24H23N3O2. The van der Waals surface area contributed by atoms with E-state index in [-0.39, 0.29) is 22.7 Å². The third-order valence-electron chi connectivity index (χ3n) is 5.94. The Balaban J connectivity index is 1.64. The number of anilines is 1. The smallest absolute Gasteiger partial charge is 0.270 e. The Kier molecular flexibility index (Phi) is 3.88. The first kappa shape index (κ1) is 17.7. The molecule has 5 heteroatoms. The lowest BCUT2D eigenvalue weighted by atomic mass is 9.69. The molecule has 0 bridgehead atoms. The summed E-state index contributed by atoms with van der Waals surface area (Å²) in [6, 6.07) is 18.4. The Hall–Kier alpha value is -3.34. The van der Waals surface area contributed by atoms with E-state index in [4.69, 9.17) is 0 Å². The molecule has 0 amide bonds. The Bertz CT molecular complexity index is 1180. The monoisotopic (exact) mass is 385 g/mol. The van der Waals surface area contributed by atoms with Crippen molar-refractivity contribution in [2.45, 2.75) is 32.6 Å². The van der Waals surface area contributed by atoms with Crippen LogP contribution in [0.15, 0.2) is 70.7 Å². The molecule has 0 spiro atoms. The molecule has 1 aromatic heterocycles. The van der Waals surface area contributed by atoms with E-state index in [0.717, 1.165) is 34.4 Å². The maximum absolute atomic E-state index is 13.1. The van der Waals surface area contributed by atoms with E-state index in [1.807, 2.05) is 30.3 Å². The maximum Gasteiger partial charge on any atom is 0.270 e. The van der Waals surface area contributed by atoms with Gasteiger partial charge in [0.2, 0.25) is 0 Å². The summed E-state index contributed by atoms with van der Waals surface area (Å²) in [6.07, 6.45) is 1.27. The maximum atomic E-state index is 13.1. The quantitative estimate of drug-likeness (QED) is 0.605. The molecule has 1 atom stereocenters. The molecule has 1 aliphatic carbocycles. The van der Waals surface area contributed by atoms with Crippen LogP contribution in [-0.2, 0) is 4.79 Å². The minimum absolute atomic E-state index is 0.0985. The molecule has 5 rings (SSSR count). The van der Waals surface area contributed by atoms with Crippen molar-refractivity contribution in [2.75, 3.05) is 5.32 Å². The van der Waals surface area contributed by atoms with Crippen molar-refractivity contribution in [3.63, 3.8) is 0 Å². The van der Waals surface area contributed by atoms with Gasteiger partial charge >= 0.3 is 0 Å². The first-order chi connectivity index (χ1) is 13.9. The molecule has 3 aromatic rings. The van der Waals surface area contributed by atoms with Crippen LogP contribution in [-0.4, -0.2) is 16.0 Å². The van der Waals surface area contributed by atoms with Crippen molar-refractivity contribution in [1.82, 2.24) is 10.2 Å².